The Morgan fingerprint density at radius 2 is 1.64 bits per heavy atom. The van der Waals surface area contributed by atoms with Crippen LogP contribution in [-0.4, -0.2) is 48.9 Å². The van der Waals surface area contributed by atoms with Crippen LogP contribution in [0.5, 0.6) is 0 Å². The van der Waals surface area contributed by atoms with Crippen LogP contribution in [0.4, 0.5) is 0 Å². The Bertz CT molecular complexity index is 714. The molecule has 2 N–H and O–H groups in total. The minimum Gasteiger partial charge on any atom is -0.340 e. The lowest BCUT2D eigenvalue weighted by atomic mass is 9.89. The van der Waals surface area contributed by atoms with E-state index in [4.69, 9.17) is 5.73 Å². The highest BCUT2D eigenvalue weighted by atomic mass is 35.5. The van der Waals surface area contributed by atoms with E-state index in [-0.39, 0.29) is 36.8 Å². The topological polar surface area (TPSA) is 49.6 Å². The first-order valence-electron chi connectivity index (χ1n) is 9.44. The maximum atomic E-state index is 13.4. The van der Waals surface area contributed by atoms with Gasteiger partial charge in [-0.25, -0.2) is 0 Å². The van der Waals surface area contributed by atoms with Gasteiger partial charge in [-0.05, 0) is 37.2 Å². The molecule has 1 aliphatic heterocycles. The number of hydrogen-bond donors (Lipinski definition) is 1. The van der Waals surface area contributed by atoms with E-state index in [0.717, 1.165) is 25.2 Å². The molecule has 0 aliphatic carbocycles. The van der Waals surface area contributed by atoms with Crippen molar-refractivity contribution in [1.82, 2.24) is 9.80 Å². The minimum atomic E-state index is -0.242. The van der Waals surface area contributed by atoms with Gasteiger partial charge >= 0.3 is 0 Å². The van der Waals surface area contributed by atoms with Crippen molar-refractivity contribution in [2.75, 3.05) is 33.2 Å². The number of likely N-dealkylation sites (tertiary alicyclic amines) is 1. The summed E-state index contributed by atoms with van der Waals surface area (Å²) in [5.41, 5.74) is 8.38. The van der Waals surface area contributed by atoms with Crippen molar-refractivity contribution >= 4 is 30.7 Å². The predicted molar refractivity (Wildman–Crippen MR) is 120 cm³/mol. The average Bonchev–Trinajstić information content (AvgIpc) is 3.14. The van der Waals surface area contributed by atoms with E-state index in [2.05, 4.69) is 36.1 Å². The number of nitrogens with two attached hydrogens (primary N) is 1. The maximum Gasteiger partial charge on any atom is 0.244 e. The number of likely N-dealkylation sites (N-methyl/N-ethyl adjacent to an activating group) is 1. The molecule has 0 radical (unpaired) electrons. The van der Waals surface area contributed by atoms with E-state index < -0.39 is 0 Å². The van der Waals surface area contributed by atoms with Crippen molar-refractivity contribution in [3.8, 4) is 0 Å². The fraction of sp³-hybridized carbons (Fsp3) is 0.409. The van der Waals surface area contributed by atoms with Crippen LogP contribution in [0, 0.1) is 5.92 Å². The number of nitrogens with zero attached hydrogens (tertiary/aromatic N) is 2. The van der Waals surface area contributed by atoms with Crippen molar-refractivity contribution in [1.29, 1.82) is 0 Å². The van der Waals surface area contributed by atoms with Gasteiger partial charge < -0.3 is 10.6 Å². The fourth-order valence-corrected chi connectivity index (χ4v) is 3.94. The molecule has 0 spiro atoms. The van der Waals surface area contributed by atoms with E-state index in [1.54, 1.807) is 0 Å². The maximum absolute atomic E-state index is 13.4. The molecule has 28 heavy (non-hydrogen) atoms. The summed E-state index contributed by atoms with van der Waals surface area (Å²) in [4.78, 5) is 17.6. The van der Waals surface area contributed by atoms with Crippen molar-refractivity contribution in [2.24, 2.45) is 11.7 Å². The zero-order valence-electron chi connectivity index (χ0n) is 16.5. The van der Waals surface area contributed by atoms with Crippen LogP contribution >= 0.6 is 24.8 Å². The van der Waals surface area contributed by atoms with E-state index in [1.807, 2.05) is 48.3 Å². The van der Waals surface area contributed by atoms with E-state index in [0.29, 0.717) is 18.4 Å². The van der Waals surface area contributed by atoms with Gasteiger partial charge in [-0.2, -0.15) is 0 Å². The van der Waals surface area contributed by atoms with Crippen molar-refractivity contribution in [2.45, 2.75) is 18.9 Å². The first kappa shape index (κ1) is 24.4. The zero-order valence-corrected chi connectivity index (χ0v) is 18.2. The van der Waals surface area contributed by atoms with Crippen LogP contribution in [0.15, 0.2) is 60.7 Å². The Hall–Kier alpha value is -1.59. The molecule has 0 aromatic heterocycles. The molecule has 1 saturated heterocycles. The quantitative estimate of drug-likeness (QED) is 0.769. The molecule has 1 aliphatic rings. The standard InChI is InChI=1S/C22H29N3O.2ClH/c1-3-24(2)21(18-12-8-5-9-13-18)22(26)25-15-19(14-23)20(16-25)17-10-6-4-7-11-17;;/h4-13,19-21H,3,14-16,23H2,1-2H3;2*1H/t19-,20+,21?;;/m1../s1. The summed E-state index contributed by atoms with van der Waals surface area (Å²) in [5, 5.41) is 0. The number of carbonyl (C=O) groups excluding carboxylic acids is 1. The zero-order chi connectivity index (χ0) is 18.5. The molecule has 154 valence electrons. The number of amides is 1. The summed E-state index contributed by atoms with van der Waals surface area (Å²) in [6.07, 6.45) is 0. The van der Waals surface area contributed by atoms with Crippen LogP contribution in [-0.2, 0) is 4.79 Å². The third-order valence-electron chi connectivity index (χ3n) is 5.57. The van der Waals surface area contributed by atoms with Gasteiger partial charge in [0.25, 0.3) is 0 Å². The molecule has 0 saturated carbocycles. The molecule has 1 unspecified atom stereocenters. The molecule has 2 aromatic carbocycles. The number of hydrogen-bond acceptors (Lipinski definition) is 3. The summed E-state index contributed by atoms with van der Waals surface area (Å²) in [5.74, 6) is 0.802. The molecule has 3 atom stereocenters. The highest BCUT2D eigenvalue weighted by Crippen LogP contribution is 2.34. The Morgan fingerprint density at radius 1 is 1.07 bits per heavy atom. The average molecular weight is 424 g/mol. The van der Waals surface area contributed by atoms with Crippen LogP contribution in [0.25, 0.3) is 0 Å². The summed E-state index contributed by atoms with van der Waals surface area (Å²) < 4.78 is 0. The van der Waals surface area contributed by atoms with Gasteiger partial charge in [0.15, 0.2) is 0 Å². The van der Waals surface area contributed by atoms with E-state index in [9.17, 15) is 4.79 Å². The molecule has 1 fully saturated rings. The molecule has 3 rings (SSSR count). The number of rotatable bonds is 6. The molecule has 1 amide bonds. The highest BCUT2D eigenvalue weighted by molar-refractivity contribution is 5.85. The van der Waals surface area contributed by atoms with Crippen LogP contribution in [0.1, 0.15) is 30.0 Å². The fourth-order valence-electron chi connectivity index (χ4n) is 3.94. The Morgan fingerprint density at radius 3 is 2.18 bits per heavy atom. The third-order valence-corrected chi connectivity index (χ3v) is 5.57. The Kier molecular flexibility index (Phi) is 9.97. The van der Waals surface area contributed by atoms with Crippen molar-refractivity contribution in [3.63, 3.8) is 0 Å². The minimum absolute atomic E-state index is 0. The highest BCUT2D eigenvalue weighted by Gasteiger charge is 2.38. The van der Waals surface area contributed by atoms with Gasteiger partial charge in [-0.1, -0.05) is 67.6 Å². The summed E-state index contributed by atoms with van der Waals surface area (Å²) >= 11 is 0. The molecular formula is C22H31Cl2N3O. The molecule has 0 bridgehead atoms. The number of benzene rings is 2. The van der Waals surface area contributed by atoms with E-state index in [1.165, 1.54) is 5.56 Å². The first-order chi connectivity index (χ1) is 12.7. The molecule has 2 aromatic rings. The second-order valence-electron chi connectivity index (χ2n) is 7.14. The van der Waals surface area contributed by atoms with Gasteiger partial charge in [0.1, 0.15) is 6.04 Å². The summed E-state index contributed by atoms with van der Waals surface area (Å²) in [6, 6.07) is 20.3. The lowest BCUT2D eigenvalue weighted by molar-refractivity contribution is -0.135. The number of halogens is 2. The largest absolute Gasteiger partial charge is 0.340 e. The van der Waals surface area contributed by atoms with Crippen molar-refractivity contribution in [3.05, 3.63) is 71.8 Å². The van der Waals surface area contributed by atoms with Gasteiger partial charge in [-0.15, -0.1) is 24.8 Å². The van der Waals surface area contributed by atoms with Gasteiger partial charge in [0.2, 0.25) is 5.91 Å². The van der Waals surface area contributed by atoms with E-state index >= 15 is 0 Å². The summed E-state index contributed by atoms with van der Waals surface area (Å²) in [7, 11) is 2.01. The van der Waals surface area contributed by atoms with Gasteiger partial charge in [-0.3, -0.25) is 9.69 Å². The Balaban J connectivity index is 0.00000196. The number of carbonyl (C=O) groups is 1. The molecule has 4 nitrogen and oxygen atoms in total. The monoisotopic (exact) mass is 423 g/mol. The van der Waals surface area contributed by atoms with Crippen LogP contribution in [0.3, 0.4) is 0 Å². The first-order valence-corrected chi connectivity index (χ1v) is 9.44. The lowest BCUT2D eigenvalue weighted by Gasteiger charge is -2.30. The van der Waals surface area contributed by atoms with Crippen LogP contribution < -0.4 is 5.73 Å². The second kappa shape index (κ2) is 11.4. The lowest BCUT2D eigenvalue weighted by Crippen LogP contribution is -2.41. The molecule has 6 heteroatoms. The molecular weight excluding hydrogens is 393 g/mol. The van der Waals surface area contributed by atoms with Gasteiger partial charge in [0.05, 0.1) is 0 Å². The second-order valence-corrected chi connectivity index (χ2v) is 7.14. The predicted octanol–water partition coefficient (Wildman–Crippen LogP) is 3.72. The van der Waals surface area contributed by atoms with Crippen LogP contribution in [0.2, 0.25) is 0 Å². The Labute approximate surface area is 180 Å². The third kappa shape index (κ3) is 5.26. The SMILES string of the molecule is CCN(C)C(C(=O)N1C[C@@H](CN)[C@H](c2ccccc2)C1)c1ccccc1.Cl.Cl. The van der Waals surface area contributed by atoms with Crippen molar-refractivity contribution < 1.29 is 4.79 Å². The smallest absolute Gasteiger partial charge is 0.244 e. The normalized spacial score (nSPS) is 19.6. The van der Waals surface area contributed by atoms with Gasteiger partial charge in [0, 0.05) is 19.0 Å². The summed E-state index contributed by atoms with van der Waals surface area (Å²) in [6.45, 7) is 4.98. The molecule has 1 heterocycles.